The van der Waals surface area contributed by atoms with Crippen LogP contribution in [-0.2, 0) is 16.0 Å². The average molecular weight is 421 g/mol. The van der Waals surface area contributed by atoms with E-state index in [1.165, 1.54) is 5.56 Å². The number of aromatic nitrogens is 3. The smallest absolute Gasteiger partial charge is 0.159 e. The molecule has 1 aromatic carbocycles. The molecule has 162 valence electrons. The number of benzene rings is 1. The fraction of sp³-hybridized carbons (Fsp3) is 0.435. The van der Waals surface area contributed by atoms with Crippen LogP contribution in [0.5, 0.6) is 0 Å². The lowest BCUT2D eigenvalue weighted by molar-refractivity contribution is 0.122. The number of anilines is 2. The van der Waals surface area contributed by atoms with Gasteiger partial charge in [0, 0.05) is 44.5 Å². The molecular weight excluding hydrogens is 392 g/mol. The number of morpholine rings is 2. The first kappa shape index (κ1) is 20.0. The van der Waals surface area contributed by atoms with E-state index in [0.29, 0.717) is 6.54 Å². The molecule has 8 heteroatoms. The van der Waals surface area contributed by atoms with Gasteiger partial charge in [-0.1, -0.05) is 29.8 Å². The van der Waals surface area contributed by atoms with Gasteiger partial charge in [0.2, 0.25) is 0 Å². The highest BCUT2D eigenvalue weighted by Crippen LogP contribution is 2.23. The lowest BCUT2D eigenvalue weighted by Crippen LogP contribution is -2.38. The third-order valence-electron chi connectivity index (χ3n) is 5.65. The van der Waals surface area contributed by atoms with Gasteiger partial charge in [0.05, 0.1) is 38.7 Å². The van der Waals surface area contributed by atoms with Crippen LogP contribution in [0.25, 0.3) is 5.65 Å². The van der Waals surface area contributed by atoms with E-state index in [9.17, 15) is 0 Å². The van der Waals surface area contributed by atoms with E-state index in [1.807, 2.05) is 10.7 Å². The molecule has 3 aromatic rings. The Hall–Kier alpha value is -2.97. The SMILES string of the molecule is Cc1cccc(C=NCc2cc(N3CCOCC3)n3nc(N4CCOCC4)cc3n2)c1. The number of hydrogen-bond acceptors (Lipinski definition) is 7. The van der Waals surface area contributed by atoms with Crippen LogP contribution in [0.15, 0.2) is 41.4 Å². The molecule has 2 saturated heterocycles. The highest BCUT2D eigenvalue weighted by atomic mass is 16.5. The van der Waals surface area contributed by atoms with E-state index in [-0.39, 0.29) is 0 Å². The Labute approximate surface area is 182 Å². The summed E-state index contributed by atoms with van der Waals surface area (Å²) in [7, 11) is 0. The van der Waals surface area contributed by atoms with Crippen LogP contribution in [0.2, 0.25) is 0 Å². The number of hydrogen-bond donors (Lipinski definition) is 0. The summed E-state index contributed by atoms with van der Waals surface area (Å²) >= 11 is 0. The molecule has 0 unspecified atom stereocenters. The van der Waals surface area contributed by atoms with E-state index < -0.39 is 0 Å². The van der Waals surface area contributed by atoms with Gasteiger partial charge >= 0.3 is 0 Å². The summed E-state index contributed by atoms with van der Waals surface area (Å²) < 4.78 is 13.0. The minimum atomic E-state index is 0.528. The predicted octanol–water partition coefficient (Wildman–Crippen LogP) is 2.33. The molecule has 0 spiro atoms. The molecule has 0 aliphatic carbocycles. The van der Waals surface area contributed by atoms with Crippen molar-refractivity contribution in [3.8, 4) is 0 Å². The first-order chi connectivity index (χ1) is 15.3. The largest absolute Gasteiger partial charge is 0.378 e. The Morgan fingerprint density at radius 1 is 0.968 bits per heavy atom. The minimum absolute atomic E-state index is 0.528. The fourth-order valence-corrected chi connectivity index (χ4v) is 4.04. The zero-order valence-corrected chi connectivity index (χ0v) is 17.9. The molecule has 2 aliphatic heterocycles. The summed E-state index contributed by atoms with van der Waals surface area (Å²) in [6, 6.07) is 12.5. The summed E-state index contributed by atoms with van der Waals surface area (Å²) in [4.78, 5) is 14.1. The Bertz CT molecular complexity index is 1070. The number of rotatable bonds is 5. The third kappa shape index (κ3) is 4.55. The van der Waals surface area contributed by atoms with Crippen LogP contribution in [0, 0.1) is 6.92 Å². The lowest BCUT2D eigenvalue weighted by Gasteiger charge is -2.29. The van der Waals surface area contributed by atoms with Crippen LogP contribution >= 0.6 is 0 Å². The van der Waals surface area contributed by atoms with Gasteiger partial charge in [0.1, 0.15) is 5.82 Å². The second-order valence-electron chi connectivity index (χ2n) is 7.96. The van der Waals surface area contributed by atoms with Gasteiger partial charge in [0.15, 0.2) is 11.5 Å². The van der Waals surface area contributed by atoms with Crippen molar-refractivity contribution in [1.82, 2.24) is 14.6 Å². The molecule has 5 rings (SSSR count). The molecule has 0 bridgehead atoms. The monoisotopic (exact) mass is 420 g/mol. The van der Waals surface area contributed by atoms with Gasteiger partial charge in [-0.3, -0.25) is 4.99 Å². The second-order valence-corrected chi connectivity index (χ2v) is 7.96. The molecule has 2 aliphatic rings. The number of fused-ring (bicyclic) bond motifs is 1. The minimum Gasteiger partial charge on any atom is -0.378 e. The van der Waals surface area contributed by atoms with Crippen LogP contribution in [0.3, 0.4) is 0 Å². The zero-order valence-electron chi connectivity index (χ0n) is 17.9. The van der Waals surface area contributed by atoms with Crippen molar-refractivity contribution < 1.29 is 9.47 Å². The summed E-state index contributed by atoms with van der Waals surface area (Å²) in [5, 5.41) is 4.89. The Balaban J connectivity index is 1.46. The molecule has 2 fully saturated rings. The summed E-state index contributed by atoms with van der Waals surface area (Å²) in [5.41, 5.74) is 4.12. The standard InChI is InChI=1S/C23H28N6O2/c1-18-3-2-4-19(13-18)16-24-17-20-14-23(28-7-11-31-12-8-28)29-21(25-20)15-22(26-29)27-5-9-30-10-6-27/h2-4,13-16H,5-12,17H2,1H3. The van der Waals surface area contributed by atoms with Gasteiger partial charge in [-0.05, 0) is 12.5 Å². The van der Waals surface area contributed by atoms with Crippen molar-refractivity contribution in [1.29, 1.82) is 0 Å². The maximum absolute atomic E-state index is 5.55. The first-order valence-corrected chi connectivity index (χ1v) is 10.9. The molecule has 8 nitrogen and oxygen atoms in total. The van der Waals surface area contributed by atoms with Gasteiger partial charge in [-0.2, -0.15) is 4.52 Å². The Morgan fingerprint density at radius 2 is 1.71 bits per heavy atom. The van der Waals surface area contributed by atoms with E-state index in [2.05, 4.69) is 58.1 Å². The molecule has 4 heterocycles. The maximum Gasteiger partial charge on any atom is 0.159 e. The van der Waals surface area contributed by atoms with Crippen molar-refractivity contribution in [2.24, 2.45) is 4.99 Å². The molecule has 0 N–H and O–H groups in total. The molecule has 0 radical (unpaired) electrons. The second kappa shape index (κ2) is 9.03. The van der Waals surface area contributed by atoms with Crippen molar-refractivity contribution in [3.63, 3.8) is 0 Å². The van der Waals surface area contributed by atoms with Gasteiger partial charge < -0.3 is 19.3 Å². The lowest BCUT2D eigenvalue weighted by atomic mass is 10.1. The van der Waals surface area contributed by atoms with Crippen LogP contribution < -0.4 is 9.80 Å². The number of aliphatic imine (C=N–C) groups is 1. The normalized spacial score (nSPS) is 17.7. The quantitative estimate of drug-likeness (QED) is 0.590. The zero-order chi connectivity index (χ0) is 21.0. The summed E-state index contributed by atoms with van der Waals surface area (Å²) in [5.74, 6) is 2.00. The summed E-state index contributed by atoms with van der Waals surface area (Å²) in [6.45, 7) is 8.93. The molecule has 0 atom stereocenters. The third-order valence-corrected chi connectivity index (χ3v) is 5.65. The van der Waals surface area contributed by atoms with Crippen molar-refractivity contribution in [2.75, 3.05) is 62.4 Å². The topological polar surface area (TPSA) is 67.5 Å². The Kier molecular flexibility index (Phi) is 5.82. The average Bonchev–Trinajstić information content (AvgIpc) is 3.24. The van der Waals surface area contributed by atoms with E-state index in [4.69, 9.17) is 19.6 Å². The predicted molar refractivity (Wildman–Crippen MR) is 122 cm³/mol. The van der Waals surface area contributed by atoms with Crippen molar-refractivity contribution >= 4 is 23.5 Å². The number of ether oxygens (including phenoxy) is 2. The van der Waals surface area contributed by atoms with E-state index >= 15 is 0 Å². The van der Waals surface area contributed by atoms with E-state index in [0.717, 1.165) is 81.1 Å². The molecule has 0 amide bonds. The highest BCUT2D eigenvalue weighted by molar-refractivity contribution is 5.79. The fourth-order valence-electron chi connectivity index (χ4n) is 4.04. The number of nitrogens with zero attached hydrogens (tertiary/aromatic N) is 6. The summed E-state index contributed by atoms with van der Waals surface area (Å²) in [6.07, 6.45) is 1.92. The highest BCUT2D eigenvalue weighted by Gasteiger charge is 2.20. The molecule has 31 heavy (non-hydrogen) atoms. The van der Waals surface area contributed by atoms with Crippen LogP contribution in [0.1, 0.15) is 16.8 Å². The maximum atomic E-state index is 5.55. The van der Waals surface area contributed by atoms with E-state index in [1.54, 1.807) is 0 Å². The van der Waals surface area contributed by atoms with Gasteiger partial charge in [-0.25, -0.2) is 4.98 Å². The van der Waals surface area contributed by atoms with Gasteiger partial charge in [0.25, 0.3) is 0 Å². The van der Waals surface area contributed by atoms with Crippen LogP contribution in [-0.4, -0.2) is 73.4 Å². The molecule has 2 aromatic heterocycles. The number of aryl methyl sites for hydroxylation is 1. The van der Waals surface area contributed by atoms with Crippen LogP contribution in [0.4, 0.5) is 11.6 Å². The van der Waals surface area contributed by atoms with Crippen molar-refractivity contribution in [2.45, 2.75) is 13.5 Å². The first-order valence-electron chi connectivity index (χ1n) is 10.9. The molecule has 0 saturated carbocycles. The Morgan fingerprint density at radius 3 is 2.45 bits per heavy atom. The van der Waals surface area contributed by atoms with Crippen molar-refractivity contribution in [3.05, 3.63) is 53.2 Å². The van der Waals surface area contributed by atoms with Gasteiger partial charge in [-0.15, -0.1) is 5.10 Å². The molecular formula is C23H28N6O2.